The summed E-state index contributed by atoms with van der Waals surface area (Å²) in [7, 11) is 0. The van der Waals surface area contributed by atoms with Crippen LogP contribution in [0.4, 0.5) is 5.69 Å². The summed E-state index contributed by atoms with van der Waals surface area (Å²) >= 11 is 0. The highest BCUT2D eigenvalue weighted by molar-refractivity contribution is 5.45. The minimum Gasteiger partial charge on any atom is -0.381 e. The Kier molecular flexibility index (Phi) is 4.19. The van der Waals surface area contributed by atoms with Gasteiger partial charge in [-0.15, -0.1) is 0 Å². The lowest BCUT2D eigenvalue weighted by atomic mass is 9.89. The smallest absolute Gasteiger partial charge is 0.0659 e. The lowest BCUT2D eigenvalue weighted by Crippen LogP contribution is -2.15. The SMILES string of the molecule is CC(C)(C)c1[nH]ncc1CNc1ccc(Cn2cccn2)cc1. The van der Waals surface area contributed by atoms with Gasteiger partial charge in [-0.05, 0) is 23.8 Å². The molecule has 3 aromatic rings. The highest BCUT2D eigenvalue weighted by Gasteiger charge is 2.19. The van der Waals surface area contributed by atoms with Crippen LogP contribution in [0.5, 0.6) is 0 Å². The normalized spacial score (nSPS) is 11.6. The maximum atomic E-state index is 4.23. The van der Waals surface area contributed by atoms with Crippen molar-refractivity contribution in [2.45, 2.75) is 39.3 Å². The third-order valence-electron chi connectivity index (χ3n) is 3.81. The number of hydrogen-bond acceptors (Lipinski definition) is 3. The zero-order chi connectivity index (χ0) is 16.3. The van der Waals surface area contributed by atoms with Gasteiger partial charge >= 0.3 is 0 Å². The molecular formula is C18H23N5. The van der Waals surface area contributed by atoms with Crippen molar-refractivity contribution in [3.05, 3.63) is 65.7 Å². The van der Waals surface area contributed by atoms with E-state index in [0.717, 1.165) is 18.8 Å². The van der Waals surface area contributed by atoms with Gasteiger partial charge in [0.25, 0.3) is 0 Å². The van der Waals surface area contributed by atoms with E-state index >= 15 is 0 Å². The summed E-state index contributed by atoms with van der Waals surface area (Å²) in [6.45, 7) is 8.13. The van der Waals surface area contributed by atoms with Gasteiger partial charge in [-0.25, -0.2) is 0 Å². The number of aromatic amines is 1. The van der Waals surface area contributed by atoms with Crippen LogP contribution in [0.2, 0.25) is 0 Å². The van der Waals surface area contributed by atoms with Crippen LogP contribution in [0, 0.1) is 0 Å². The Labute approximate surface area is 136 Å². The lowest BCUT2D eigenvalue weighted by molar-refractivity contribution is 0.561. The van der Waals surface area contributed by atoms with E-state index in [1.807, 2.05) is 23.1 Å². The molecule has 0 amide bonds. The van der Waals surface area contributed by atoms with E-state index in [9.17, 15) is 0 Å². The summed E-state index contributed by atoms with van der Waals surface area (Å²) in [5, 5.41) is 15.0. The maximum absolute atomic E-state index is 4.23. The Morgan fingerprint density at radius 3 is 2.61 bits per heavy atom. The number of anilines is 1. The second-order valence-electron chi connectivity index (χ2n) is 6.77. The van der Waals surface area contributed by atoms with Gasteiger partial charge in [0.1, 0.15) is 0 Å². The summed E-state index contributed by atoms with van der Waals surface area (Å²) in [5.41, 5.74) is 4.80. The van der Waals surface area contributed by atoms with Crippen LogP contribution >= 0.6 is 0 Å². The summed E-state index contributed by atoms with van der Waals surface area (Å²) in [5.74, 6) is 0. The molecule has 0 aliphatic heterocycles. The Balaban J connectivity index is 1.62. The Morgan fingerprint density at radius 2 is 1.96 bits per heavy atom. The van der Waals surface area contributed by atoms with Crippen molar-refractivity contribution in [2.24, 2.45) is 0 Å². The van der Waals surface area contributed by atoms with Crippen LogP contribution in [0.3, 0.4) is 0 Å². The van der Waals surface area contributed by atoms with Crippen LogP contribution in [-0.2, 0) is 18.5 Å². The quantitative estimate of drug-likeness (QED) is 0.757. The largest absolute Gasteiger partial charge is 0.381 e. The topological polar surface area (TPSA) is 58.5 Å². The molecule has 1 aromatic carbocycles. The summed E-state index contributed by atoms with van der Waals surface area (Å²) in [4.78, 5) is 0. The zero-order valence-electron chi connectivity index (χ0n) is 13.9. The fourth-order valence-electron chi connectivity index (χ4n) is 2.60. The first-order valence-electron chi connectivity index (χ1n) is 7.85. The highest BCUT2D eigenvalue weighted by atomic mass is 15.3. The Bertz CT molecular complexity index is 733. The summed E-state index contributed by atoms with van der Waals surface area (Å²) in [6.07, 6.45) is 5.67. The molecule has 0 aliphatic carbocycles. The number of benzene rings is 1. The highest BCUT2D eigenvalue weighted by Crippen LogP contribution is 2.24. The molecule has 0 aliphatic rings. The molecule has 0 bridgehead atoms. The van der Waals surface area contributed by atoms with Crippen molar-refractivity contribution < 1.29 is 0 Å². The van der Waals surface area contributed by atoms with Gasteiger partial charge < -0.3 is 5.32 Å². The van der Waals surface area contributed by atoms with Crippen molar-refractivity contribution in [2.75, 3.05) is 5.32 Å². The van der Waals surface area contributed by atoms with Gasteiger partial charge in [0.15, 0.2) is 0 Å². The minimum absolute atomic E-state index is 0.0706. The van der Waals surface area contributed by atoms with Crippen molar-refractivity contribution in [3.8, 4) is 0 Å². The summed E-state index contributed by atoms with van der Waals surface area (Å²) < 4.78 is 1.92. The number of rotatable bonds is 5. The molecule has 5 nitrogen and oxygen atoms in total. The minimum atomic E-state index is 0.0706. The first-order valence-corrected chi connectivity index (χ1v) is 7.85. The number of nitrogens with zero attached hydrogens (tertiary/aromatic N) is 3. The third-order valence-corrected chi connectivity index (χ3v) is 3.81. The fraction of sp³-hybridized carbons (Fsp3) is 0.333. The summed E-state index contributed by atoms with van der Waals surface area (Å²) in [6, 6.07) is 10.4. The maximum Gasteiger partial charge on any atom is 0.0659 e. The molecule has 2 aromatic heterocycles. The lowest BCUT2D eigenvalue weighted by Gasteiger charge is -2.18. The second kappa shape index (κ2) is 6.28. The van der Waals surface area contributed by atoms with Gasteiger partial charge in [0.2, 0.25) is 0 Å². The van der Waals surface area contributed by atoms with E-state index < -0.39 is 0 Å². The first-order chi connectivity index (χ1) is 11.0. The average Bonchev–Trinajstić information content (AvgIpc) is 3.17. The molecule has 0 spiro atoms. The van der Waals surface area contributed by atoms with Crippen molar-refractivity contribution in [1.82, 2.24) is 20.0 Å². The standard InChI is InChI=1S/C18H23N5/c1-18(2,3)17-15(12-20-22-17)11-19-16-7-5-14(6-8-16)13-23-10-4-9-21-23/h4-10,12,19H,11,13H2,1-3H3,(H,20,22). The van der Waals surface area contributed by atoms with Gasteiger partial charge in [-0.1, -0.05) is 32.9 Å². The molecule has 0 saturated heterocycles. The third kappa shape index (κ3) is 3.80. The van der Waals surface area contributed by atoms with Crippen molar-refractivity contribution in [3.63, 3.8) is 0 Å². The number of aromatic nitrogens is 4. The molecule has 5 heteroatoms. The monoisotopic (exact) mass is 309 g/mol. The van der Waals surface area contributed by atoms with E-state index in [0.29, 0.717) is 0 Å². The van der Waals surface area contributed by atoms with E-state index in [-0.39, 0.29) is 5.41 Å². The molecule has 3 rings (SSSR count). The molecule has 0 radical (unpaired) electrons. The fourth-order valence-corrected chi connectivity index (χ4v) is 2.60. The Morgan fingerprint density at radius 1 is 1.17 bits per heavy atom. The van der Waals surface area contributed by atoms with Crippen LogP contribution in [0.1, 0.15) is 37.6 Å². The second-order valence-corrected chi connectivity index (χ2v) is 6.77. The van der Waals surface area contributed by atoms with Crippen LogP contribution in [-0.4, -0.2) is 20.0 Å². The molecule has 0 saturated carbocycles. The van der Waals surface area contributed by atoms with Gasteiger partial charge in [-0.2, -0.15) is 10.2 Å². The van der Waals surface area contributed by atoms with Crippen LogP contribution < -0.4 is 5.32 Å². The van der Waals surface area contributed by atoms with E-state index in [1.54, 1.807) is 6.20 Å². The van der Waals surface area contributed by atoms with Crippen LogP contribution in [0.25, 0.3) is 0 Å². The number of nitrogens with one attached hydrogen (secondary N) is 2. The molecule has 23 heavy (non-hydrogen) atoms. The number of H-pyrrole nitrogens is 1. The van der Waals surface area contributed by atoms with Gasteiger partial charge in [0.05, 0.1) is 12.7 Å². The van der Waals surface area contributed by atoms with Crippen molar-refractivity contribution in [1.29, 1.82) is 0 Å². The molecule has 0 atom stereocenters. The predicted octanol–water partition coefficient (Wildman–Crippen LogP) is 3.56. The van der Waals surface area contributed by atoms with E-state index in [1.165, 1.54) is 16.8 Å². The van der Waals surface area contributed by atoms with Gasteiger partial charge in [0, 0.05) is 41.3 Å². The zero-order valence-corrected chi connectivity index (χ0v) is 13.9. The molecule has 120 valence electrons. The first kappa shape index (κ1) is 15.3. The average molecular weight is 309 g/mol. The molecular weight excluding hydrogens is 286 g/mol. The molecule has 2 N–H and O–H groups in total. The number of hydrogen-bond donors (Lipinski definition) is 2. The molecule has 2 heterocycles. The molecule has 0 fully saturated rings. The van der Waals surface area contributed by atoms with Gasteiger partial charge in [-0.3, -0.25) is 9.78 Å². The van der Waals surface area contributed by atoms with Crippen LogP contribution in [0.15, 0.2) is 48.9 Å². The Hall–Kier alpha value is -2.56. The van der Waals surface area contributed by atoms with E-state index in [2.05, 4.69) is 65.6 Å². The van der Waals surface area contributed by atoms with Crippen molar-refractivity contribution >= 4 is 5.69 Å². The van der Waals surface area contributed by atoms with E-state index in [4.69, 9.17) is 0 Å². The predicted molar refractivity (Wildman–Crippen MR) is 92.4 cm³/mol. The molecule has 0 unspecified atom stereocenters.